The van der Waals surface area contributed by atoms with Crippen molar-refractivity contribution in [1.82, 2.24) is 9.97 Å². The number of halogens is 1. The van der Waals surface area contributed by atoms with Gasteiger partial charge in [0.25, 0.3) is 5.56 Å². The van der Waals surface area contributed by atoms with Gasteiger partial charge < -0.3 is 15.5 Å². The first kappa shape index (κ1) is 11.9. The van der Waals surface area contributed by atoms with Gasteiger partial charge in [-0.25, -0.2) is 4.98 Å². The van der Waals surface area contributed by atoms with Gasteiger partial charge in [-0.15, -0.1) is 0 Å². The standard InChI is InChI=1S/C11H10IN3O2/c1-6-4-7(13)2-3-8(6)17-11-9(12)10(16)14-5-15-11/h2-5H,13H2,1H3,(H,14,15,16). The van der Waals surface area contributed by atoms with E-state index < -0.39 is 0 Å². The van der Waals surface area contributed by atoms with Crippen LogP contribution in [0.4, 0.5) is 5.69 Å². The zero-order valence-electron chi connectivity index (χ0n) is 9.03. The number of nitrogen functional groups attached to an aromatic ring is 1. The molecule has 0 atom stereocenters. The number of aromatic amines is 1. The number of aryl methyl sites for hydroxylation is 1. The molecule has 88 valence electrons. The molecule has 0 saturated carbocycles. The number of aromatic nitrogens is 2. The summed E-state index contributed by atoms with van der Waals surface area (Å²) in [6, 6.07) is 5.29. The Morgan fingerprint density at radius 1 is 1.47 bits per heavy atom. The summed E-state index contributed by atoms with van der Waals surface area (Å²) in [5.74, 6) is 0.928. The third-order valence-electron chi connectivity index (χ3n) is 2.17. The van der Waals surface area contributed by atoms with Crippen molar-refractivity contribution in [2.45, 2.75) is 6.92 Å². The first-order chi connectivity index (χ1) is 8.08. The Hall–Kier alpha value is -1.57. The van der Waals surface area contributed by atoms with Crippen molar-refractivity contribution >= 4 is 28.3 Å². The number of nitrogens with two attached hydrogens (primary N) is 1. The van der Waals surface area contributed by atoms with Crippen molar-refractivity contribution in [3.63, 3.8) is 0 Å². The summed E-state index contributed by atoms with van der Waals surface area (Å²) in [6.07, 6.45) is 1.31. The lowest BCUT2D eigenvalue weighted by molar-refractivity contribution is 0.453. The summed E-state index contributed by atoms with van der Waals surface area (Å²) in [6.45, 7) is 1.88. The Bertz CT molecular complexity index is 610. The molecule has 0 aliphatic heterocycles. The van der Waals surface area contributed by atoms with E-state index in [1.165, 1.54) is 6.33 Å². The number of anilines is 1. The Labute approximate surface area is 111 Å². The predicted octanol–water partition coefficient (Wildman–Crippen LogP) is 2.06. The molecular weight excluding hydrogens is 333 g/mol. The number of benzene rings is 1. The van der Waals surface area contributed by atoms with E-state index in [1.807, 2.05) is 29.5 Å². The lowest BCUT2D eigenvalue weighted by Crippen LogP contribution is -2.11. The lowest BCUT2D eigenvalue weighted by atomic mass is 10.2. The molecule has 2 aromatic rings. The van der Waals surface area contributed by atoms with Crippen LogP contribution in [-0.2, 0) is 0 Å². The molecule has 0 saturated heterocycles. The van der Waals surface area contributed by atoms with Gasteiger partial charge in [-0.05, 0) is 53.3 Å². The highest BCUT2D eigenvalue weighted by Gasteiger charge is 2.09. The van der Waals surface area contributed by atoms with Gasteiger partial charge in [-0.2, -0.15) is 0 Å². The van der Waals surface area contributed by atoms with E-state index in [1.54, 1.807) is 18.2 Å². The van der Waals surface area contributed by atoms with Gasteiger partial charge in [-0.3, -0.25) is 4.79 Å². The van der Waals surface area contributed by atoms with Gasteiger partial charge in [0.15, 0.2) is 0 Å². The molecule has 17 heavy (non-hydrogen) atoms. The average molecular weight is 343 g/mol. The van der Waals surface area contributed by atoms with Crippen LogP contribution in [0, 0.1) is 10.5 Å². The lowest BCUT2D eigenvalue weighted by Gasteiger charge is -2.08. The second kappa shape index (κ2) is 4.74. The van der Waals surface area contributed by atoms with Crippen LogP contribution >= 0.6 is 22.6 Å². The minimum Gasteiger partial charge on any atom is -0.437 e. The summed E-state index contributed by atoms with van der Waals surface area (Å²) in [5, 5.41) is 0. The minimum atomic E-state index is -0.219. The number of rotatable bonds is 2. The fraction of sp³-hybridized carbons (Fsp3) is 0.0909. The molecule has 2 rings (SSSR count). The highest BCUT2D eigenvalue weighted by Crippen LogP contribution is 2.26. The molecule has 0 fully saturated rings. The molecule has 0 spiro atoms. The molecule has 0 bridgehead atoms. The molecule has 1 aromatic heterocycles. The summed E-state index contributed by atoms with van der Waals surface area (Å²) in [7, 11) is 0. The number of hydrogen-bond acceptors (Lipinski definition) is 4. The Kier molecular flexibility index (Phi) is 3.32. The van der Waals surface area contributed by atoms with E-state index in [0.29, 0.717) is 20.9 Å². The summed E-state index contributed by atoms with van der Waals surface area (Å²) in [4.78, 5) is 17.8. The van der Waals surface area contributed by atoms with E-state index in [0.717, 1.165) is 5.56 Å². The van der Waals surface area contributed by atoms with Crippen LogP contribution in [0.1, 0.15) is 5.56 Å². The Morgan fingerprint density at radius 2 is 2.24 bits per heavy atom. The Balaban J connectivity index is 2.38. The normalized spacial score (nSPS) is 10.2. The number of nitrogens with zero attached hydrogens (tertiary/aromatic N) is 1. The largest absolute Gasteiger partial charge is 0.437 e. The summed E-state index contributed by atoms with van der Waals surface area (Å²) >= 11 is 1.89. The number of nitrogens with one attached hydrogen (secondary N) is 1. The summed E-state index contributed by atoms with van der Waals surface area (Å²) in [5.41, 5.74) is 6.99. The van der Waals surface area contributed by atoms with Gasteiger partial charge in [-0.1, -0.05) is 0 Å². The highest BCUT2D eigenvalue weighted by atomic mass is 127. The number of H-pyrrole nitrogens is 1. The van der Waals surface area contributed by atoms with E-state index in [9.17, 15) is 4.79 Å². The topological polar surface area (TPSA) is 81.0 Å². The first-order valence-electron chi connectivity index (χ1n) is 4.85. The van der Waals surface area contributed by atoms with Crippen molar-refractivity contribution in [2.24, 2.45) is 0 Å². The minimum absolute atomic E-state index is 0.219. The molecule has 3 N–H and O–H groups in total. The predicted molar refractivity (Wildman–Crippen MR) is 73.2 cm³/mol. The fourth-order valence-electron chi connectivity index (χ4n) is 1.33. The maximum Gasteiger partial charge on any atom is 0.268 e. The molecule has 6 heteroatoms. The second-order valence-electron chi connectivity index (χ2n) is 3.48. The second-order valence-corrected chi connectivity index (χ2v) is 4.56. The van der Waals surface area contributed by atoms with Crippen molar-refractivity contribution in [2.75, 3.05) is 5.73 Å². The highest BCUT2D eigenvalue weighted by molar-refractivity contribution is 14.1. The molecule has 0 aliphatic carbocycles. The smallest absolute Gasteiger partial charge is 0.268 e. The third kappa shape index (κ3) is 2.57. The van der Waals surface area contributed by atoms with Crippen molar-refractivity contribution < 1.29 is 4.74 Å². The van der Waals surface area contributed by atoms with Gasteiger partial charge in [0.2, 0.25) is 5.88 Å². The molecular formula is C11H10IN3O2. The van der Waals surface area contributed by atoms with Gasteiger partial charge in [0.05, 0.1) is 6.33 Å². The van der Waals surface area contributed by atoms with Crippen LogP contribution in [0.2, 0.25) is 0 Å². The first-order valence-corrected chi connectivity index (χ1v) is 5.93. The molecule has 0 unspecified atom stereocenters. The van der Waals surface area contributed by atoms with Crippen LogP contribution in [0.25, 0.3) is 0 Å². The van der Waals surface area contributed by atoms with Crippen molar-refractivity contribution in [1.29, 1.82) is 0 Å². The number of ether oxygens (including phenoxy) is 1. The molecule has 0 aliphatic rings. The third-order valence-corrected chi connectivity index (χ3v) is 3.12. The summed E-state index contributed by atoms with van der Waals surface area (Å²) < 4.78 is 6.00. The van der Waals surface area contributed by atoms with Crippen LogP contribution in [0.15, 0.2) is 29.3 Å². The van der Waals surface area contributed by atoms with Crippen LogP contribution in [-0.4, -0.2) is 9.97 Å². The van der Waals surface area contributed by atoms with E-state index >= 15 is 0 Å². The molecule has 5 nitrogen and oxygen atoms in total. The van der Waals surface area contributed by atoms with Crippen LogP contribution in [0.3, 0.4) is 0 Å². The molecule has 1 aromatic carbocycles. The quantitative estimate of drug-likeness (QED) is 0.646. The maximum absolute atomic E-state index is 11.4. The van der Waals surface area contributed by atoms with Gasteiger partial charge in [0, 0.05) is 5.69 Å². The van der Waals surface area contributed by atoms with Crippen LogP contribution in [0.5, 0.6) is 11.6 Å². The van der Waals surface area contributed by atoms with Crippen molar-refractivity contribution in [3.05, 3.63) is 44.0 Å². The van der Waals surface area contributed by atoms with E-state index in [2.05, 4.69) is 9.97 Å². The van der Waals surface area contributed by atoms with Gasteiger partial charge in [0.1, 0.15) is 9.32 Å². The fourth-order valence-corrected chi connectivity index (χ4v) is 1.73. The number of hydrogen-bond donors (Lipinski definition) is 2. The maximum atomic E-state index is 11.4. The van der Waals surface area contributed by atoms with Crippen LogP contribution < -0.4 is 16.0 Å². The Morgan fingerprint density at radius 3 is 2.94 bits per heavy atom. The van der Waals surface area contributed by atoms with E-state index in [-0.39, 0.29) is 5.56 Å². The van der Waals surface area contributed by atoms with Crippen molar-refractivity contribution in [3.8, 4) is 11.6 Å². The zero-order valence-corrected chi connectivity index (χ0v) is 11.2. The molecule has 0 amide bonds. The zero-order chi connectivity index (χ0) is 12.4. The van der Waals surface area contributed by atoms with Gasteiger partial charge >= 0.3 is 0 Å². The monoisotopic (exact) mass is 343 g/mol. The molecule has 0 radical (unpaired) electrons. The SMILES string of the molecule is Cc1cc(N)ccc1Oc1nc[nH]c(=O)c1I. The average Bonchev–Trinajstić information content (AvgIpc) is 2.28. The molecule has 1 heterocycles. The van der Waals surface area contributed by atoms with E-state index in [4.69, 9.17) is 10.5 Å².